The molecule has 0 aromatic heterocycles. The lowest BCUT2D eigenvalue weighted by atomic mass is 10.4. The van der Waals surface area contributed by atoms with Gasteiger partial charge in [0, 0.05) is 5.02 Å². The maximum Gasteiger partial charge on any atom is 0.148 e. The van der Waals surface area contributed by atoms with Gasteiger partial charge in [0.05, 0.1) is 12.0 Å². The van der Waals surface area contributed by atoms with E-state index in [0.717, 1.165) is 0 Å². The highest BCUT2D eigenvalue weighted by atomic mass is 35.5. The molecule has 0 fully saturated rings. The fourth-order valence-corrected chi connectivity index (χ4v) is 1.44. The number of nitrogens with one attached hydrogen (secondary N) is 1. The van der Waals surface area contributed by atoms with E-state index < -0.39 is 11.0 Å². The summed E-state index contributed by atoms with van der Waals surface area (Å²) < 4.78 is 11.2. The number of benzene rings is 1. The minimum absolute atomic E-state index is 0.619. The lowest BCUT2D eigenvalue weighted by Gasteiger charge is -2.00. The molecule has 0 radical (unpaired) electrons. The lowest BCUT2D eigenvalue weighted by molar-refractivity contribution is 0.158. The van der Waals surface area contributed by atoms with E-state index >= 15 is 0 Å². The van der Waals surface area contributed by atoms with Gasteiger partial charge in [0.25, 0.3) is 0 Å². The summed E-state index contributed by atoms with van der Waals surface area (Å²) in [7, 11) is 0.0880. The molecule has 3 nitrogen and oxygen atoms in total. The molecule has 0 aliphatic heterocycles. The Hall–Kier alpha value is -0.420. The summed E-state index contributed by atoms with van der Waals surface area (Å²) in [6.07, 6.45) is 0. The summed E-state index contributed by atoms with van der Waals surface area (Å²) in [5.41, 5.74) is 0. The van der Waals surface area contributed by atoms with Gasteiger partial charge in [-0.3, -0.25) is 4.84 Å². The predicted octanol–water partition coefficient (Wildman–Crippen LogP) is 1.51. The van der Waals surface area contributed by atoms with Crippen molar-refractivity contribution in [2.45, 2.75) is 4.90 Å². The Kier molecular flexibility index (Phi) is 3.68. The van der Waals surface area contributed by atoms with Crippen molar-refractivity contribution in [3.63, 3.8) is 0 Å². The zero-order valence-electron chi connectivity index (χ0n) is 6.41. The predicted molar refractivity (Wildman–Crippen MR) is 48.0 cm³/mol. The van der Waals surface area contributed by atoms with Crippen molar-refractivity contribution in [3.05, 3.63) is 29.3 Å². The number of halogens is 1. The third-order valence-corrected chi connectivity index (χ3v) is 2.46. The van der Waals surface area contributed by atoms with Gasteiger partial charge in [0.2, 0.25) is 0 Å². The smallest absolute Gasteiger partial charge is 0.148 e. The second kappa shape index (κ2) is 4.57. The molecule has 0 heterocycles. The minimum Gasteiger partial charge on any atom is -0.292 e. The molecular weight excluding hydrogens is 198 g/mol. The summed E-state index contributed by atoms with van der Waals surface area (Å²) in [5, 5.41) is 0.619. The van der Waals surface area contributed by atoms with Gasteiger partial charge in [0.15, 0.2) is 0 Å². The van der Waals surface area contributed by atoms with Crippen molar-refractivity contribution >= 4 is 22.6 Å². The molecule has 0 aliphatic carbocycles. The molecule has 0 saturated heterocycles. The van der Waals surface area contributed by atoms with Gasteiger partial charge in [-0.15, -0.1) is 4.89 Å². The van der Waals surface area contributed by atoms with Crippen LogP contribution in [0.4, 0.5) is 0 Å². The van der Waals surface area contributed by atoms with Gasteiger partial charge >= 0.3 is 0 Å². The van der Waals surface area contributed by atoms with Crippen LogP contribution in [0, 0.1) is 0 Å². The molecular formula is C7H8ClNO2S. The standard InChI is InChI=1S/C7H8ClNO2S/c1-11-9-12(10)7-4-2-6(8)3-5-7/h2-5,9H,1H3. The molecule has 1 unspecified atom stereocenters. The molecule has 1 N–H and O–H groups in total. The van der Waals surface area contributed by atoms with Gasteiger partial charge in [0.1, 0.15) is 11.0 Å². The van der Waals surface area contributed by atoms with Crippen LogP contribution in [-0.2, 0) is 15.8 Å². The van der Waals surface area contributed by atoms with Crippen molar-refractivity contribution < 1.29 is 9.05 Å². The van der Waals surface area contributed by atoms with Crippen molar-refractivity contribution in [2.75, 3.05) is 7.11 Å². The summed E-state index contributed by atoms with van der Waals surface area (Å²) in [4.78, 5) is 7.44. The number of rotatable bonds is 3. The lowest BCUT2D eigenvalue weighted by Crippen LogP contribution is -2.14. The number of hydrogen-bond donors (Lipinski definition) is 1. The van der Waals surface area contributed by atoms with Crippen molar-refractivity contribution in [2.24, 2.45) is 0 Å². The van der Waals surface area contributed by atoms with E-state index in [2.05, 4.69) is 9.72 Å². The van der Waals surface area contributed by atoms with E-state index in [0.29, 0.717) is 9.92 Å². The van der Waals surface area contributed by atoms with E-state index in [9.17, 15) is 4.21 Å². The van der Waals surface area contributed by atoms with Crippen LogP contribution in [-0.4, -0.2) is 11.3 Å². The van der Waals surface area contributed by atoms with Gasteiger partial charge in [-0.05, 0) is 24.3 Å². The van der Waals surface area contributed by atoms with Crippen LogP contribution in [0.3, 0.4) is 0 Å². The van der Waals surface area contributed by atoms with Gasteiger partial charge in [-0.25, -0.2) is 4.21 Å². The summed E-state index contributed by atoms with van der Waals surface area (Å²) >= 11 is 5.64. The van der Waals surface area contributed by atoms with Crippen LogP contribution in [0.2, 0.25) is 5.02 Å². The molecule has 0 spiro atoms. The highest BCUT2D eigenvalue weighted by Crippen LogP contribution is 2.11. The average Bonchev–Trinajstić information content (AvgIpc) is 2.06. The SMILES string of the molecule is CONS(=O)c1ccc(Cl)cc1. The molecule has 0 bridgehead atoms. The molecule has 5 heteroatoms. The third kappa shape index (κ3) is 2.57. The van der Waals surface area contributed by atoms with Crippen LogP contribution < -0.4 is 4.89 Å². The summed E-state index contributed by atoms with van der Waals surface area (Å²) in [6, 6.07) is 6.69. The maximum atomic E-state index is 11.2. The summed E-state index contributed by atoms with van der Waals surface area (Å²) in [5.74, 6) is 0. The van der Waals surface area contributed by atoms with Gasteiger partial charge in [-0.1, -0.05) is 11.6 Å². The van der Waals surface area contributed by atoms with Gasteiger partial charge < -0.3 is 0 Å². The highest BCUT2D eigenvalue weighted by Gasteiger charge is 2.00. The zero-order chi connectivity index (χ0) is 8.97. The van der Waals surface area contributed by atoms with Crippen molar-refractivity contribution in [1.29, 1.82) is 0 Å². The Bertz CT molecular complexity index is 275. The Morgan fingerprint density at radius 1 is 1.42 bits per heavy atom. The van der Waals surface area contributed by atoms with Crippen LogP contribution in [0.25, 0.3) is 0 Å². The first kappa shape index (κ1) is 9.67. The van der Waals surface area contributed by atoms with Crippen LogP contribution in [0.5, 0.6) is 0 Å². The topological polar surface area (TPSA) is 38.3 Å². The van der Waals surface area contributed by atoms with Crippen LogP contribution in [0.1, 0.15) is 0 Å². The Morgan fingerprint density at radius 2 is 2.00 bits per heavy atom. The molecule has 1 atom stereocenters. The molecule has 0 aliphatic rings. The largest absolute Gasteiger partial charge is 0.292 e. The minimum atomic E-state index is -1.32. The Labute approximate surface area is 78.2 Å². The Balaban J connectivity index is 2.75. The monoisotopic (exact) mass is 205 g/mol. The first-order valence-corrected chi connectivity index (χ1v) is 4.73. The van der Waals surface area contributed by atoms with E-state index in [4.69, 9.17) is 11.6 Å². The highest BCUT2D eigenvalue weighted by molar-refractivity contribution is 7.82. The summed E-state index contributed by atoms with van der Waals surface area (Å²) in [6.45, 7) is 0. The molecule has 0 amide bonds. The molecule has 1 aromatic rings. The van der Waals surface area contributed by atoms with Crippen molar-refractivity contribution in [3.8, 4) is 0 Å². The quantitative estimate of drug-likeness (QED) is 0.760. The van der Waals surface area contributed by atoms with Crippen molar-refractivity contribution in [1.82, 2.24) is 4.89 Å². The van der Waals surface area contributed by atoms with Crippen LogP contribution in [0.15, 0.2) is 29.2 Å². The van der Waals surface area contributed by atoms with E-state index in [1.807, 2.05) is 0 Å². The second-order valence-electron chi connectivity index (χ2n) is 2.01. The first-order chi connectivity index (χ1) is 5.74. The van der Waals surface area contributed by atoms with E-state index in [1.54, 1.807) is 24.3 Å². The van der Waals surface area contributed by atoms with Gasteiger partial charge in [-0.2, -0.15) is 0 Å². The maximum absolute atomic E-state index is 11.2. The molecule has 12 heavy (non-hydrogen) atoms. The normalized spacial score (nSPS) is 12.8. The number of hydrogen-bond acceptors (Lipinski definition) is 2. The molecule has 66 valence electrons. The van der Waals surface area contributed by atoms with E-state index in [1.165, 1.54) is 7.11 Å². The third-order valence-electron chi connectivity index (χ3n) is 1.19. The Morgan fingerprint density at radius 3 is 2.50 bits per heavy atom. The average molecular weight is 206 g/mol. The van der Waals surface area contributed by atoms with Crippen LogP contribution >= 0.6 is 11.6 Å². The molecule has 1 aromatic carbocycles. The first-order valence-electron chi connectivity index (χ1n) is 3.20. The molecule has 1 rings (SSSR count). The zero-order valence-corrected chi connectivity index (χ0v) is 7.98. The molecule has 0 saturated carbocycles. The van der Waals surface area contributed by atoms with E-state index in [-0.39, 0.29) is 0 Å². The fourth-order valence-electron chi connectivity index (χ4n) is 0.682. The second-order valence-corrected chi connectivity index (χ2v) is 3.62. The fraction of sp³-hybridized carbons (Fsp3) is 0.143.